The van der Waals surface area contributed by atoms with Crippen LogP contribution in [-0.4, -0.2) is 34.2 Å². The topological polar surface area (TPSA) is 99.0 Å². The van der Waals surface area contributed by atoms with E-state index >= 15 is 0 Å². The molecule has 0 unspecified atom stereocenters. The molecule has 31 heavy (non-hydrogen) atoms. The smallest absolute Gasteiger partial charge is 0.293 e. The first-order chi connectivity index (χ1) is 14.7. The maximum Gasteiger partial charge on any atom is 0.293 e. The molecule has 1 aliphatic rings. The monoisotopic (exact) mass is 462 g/mol. The third kappa shape index (κ3) is 5.18. The third-order valence-corrected chi connectivity index (χ3v) is 5.45. The third-order valence-electron chi connectivity index (χ3n) is 4.26. The quantitative estimate of drug-likeness (QED) is 0.313. The highest BCUT2D eigenvalue weighted by atomic mass is 35.5. The van der Waals surface area contributed by atoms with E-state index < -0.39 is 16.1 Å². The van der Waals surface area contributed by atoms with Gasteiger partial charge in [-0.2, -0.15) is 0 Å². The van der Waals surface area contributed by atoms with E-state index in [1.165, 1.54) is 31.4 Å². The molecule has 1 aliphatic heterocycles. The minimum atomic E-state index is -0.510. The number of hydrogen-bond acceptors (Lipinski definition) is 7. The van der Waals surface area contributed by atoms with Crippen molar-refractivity contribution in [3.63, 3.8) is 0 Å². The van der Waals surface area contributed by atoms with Crippen LogP contribution < -0.4 is 9.47 Å². The predicted octanol–water partition coefficient (Wildman–Crippen LogP) is 5.28. The number of carbonyl (C=O) groups is 2. The van der Waals surface area contributed by atoms with Gasteiger partial charge in [0.05, 0.1) is 34.6 Å². The molecule has 162 valence electrons. The van der Waals surface area contributed by atoms with Gasteiger partial charge in [-0.1, -0.05) is 23.7 Å². The van der Waals surface area contributed by atoms with Crippen molar-refractivity contribution in [3.05, 3.63) is 67.6 Å². The molecule has 8 nitrogen and oxygen atoms in total. The second kappa shape index (κ2) is 9.40. The fourth-order valence-corrected chi connectivity index (χ4v) is 3.97. The molecule has 0 aliphatic carbocycles. The largest absolute Gasteiger partial charge is 0.493 e. The number of nitro groups is 1. The highest BCUT2D eigenvalue weighted by molar-refractivity contribution is 8.18. The van der Waals surface area contributed by atoms with Crippen molar-refractivity contribution < 1.29 is 24.0 Å². The van der Waals surface area contributed by atoms with Crippen LogP contribution in [0, 0.1) is 10.1 Å². The van der Waals surface area contributed by atoms with E-state index in [4.69, 9.17) is 21.1 Å². The Balaban J connectivity index is 1.83. The fourth-order valence-electron chi connectivity index (χ4n) is 2.87. The Morgan fingerprint density at radius 3 is 2.48 bits per heavy atom. The van der Waals surface area contributed by atoms with Crippen molar-refractivity contribution in [1.29, 1.82) is 0 Å². The van der Waals surface area contributed by atoms with E-state index in [-0.39, 0.29) is 23.2 Å². The highest BCUT2D eigenvalue weighted by Gasteiger charge is 2.35. The molecule has 0 radical (unpaired) electrons. The SMILES string of the molecule is COc1cc(/C=C2\SC(=O)N(Cc3ccc([N+](=O)[O-])cc3)C2=O)cc(Cl)c1OC(C)C. The van der Waals surface area contributed by atoms with Crippen LogP contribution in [-0.2, 0) is 11.3 Å². The summed E-state index contributed by atoms with van der Waals surface area (Å²) < 4.78 is 11.0. The summed E-state index contributed by atoms with van der Waals surface area (Å²) in [5, 5.41) is 10.7. The second-order valence-corrected chi connectivity index (χ2v) is 8.29. The van der Waals surface area contributed by atoms with Crippen LogP contribution in [0.5, 0.6) is 11.5 Å². The molecule has 2 aromatic carbocycles. The number of non-ortho nitro benzene ring substituents is 1. The molecule has 2 amide bonds. The Kier molecular flexibility index (Phi) is 6.87. The van der Waals surface area contributed by atoms with Crippen molar-refractivity contribution in [2.24, 2.45) is 0 Å². The number of amides is 2. The number of thioether (sulfide) groups is 1. The number of halogens is 1. The first kappa shape index (κ1) is 22.6. The van der Waals surface area contributed by atoms with Crippen LogP contribution in [0.4, 0.5) is 10.5 Å². The number of imide groups is 1. The van der Waals surface area contributed by atoms with Gasteiger partial charge in [0, 0.05) is 12.1 Å². The van der Waals surface area contributed by atoms with Crippen molar-refractivity contribution >= 4 is 46.3 Å². The van der Waals surface area contributed by atoms with Gasteiger partial charge in [-0.15, -0.1) is 0 Å². The Morgan fingerprint density at radius 1 is 1.23 bits per heavy atom. The summed E-state index contributed by atoms with van der Waals surface area (Å²) in [6.07, 6.45) is 1.46. The Bertz CT molecular complexity index is 1070. The van der Waals surface area contributed by atoms with E-state index in [0.717, 1.165) is 16.7 Å². The van der Waals surface area contributed by atoms with Crippen molar-refractivity contribution in [3.8, 4) is 11.5 Å². The summed E-state index contributed by atoms with van der Waals surface area (Å²) in [4.78, 5) is 36.7. The van der Waals surface area contributed by atoms with Gasteiger partial charge in [0.1, 0.15) is 0 Å². The molecule has 0 saturated carbocycles. The van der Waals surface area contributed by atoms with Crippen molar-refractivity contribution in [1.82, 2.24) is 4.90 Å². The Morgan fingerprint density at radius 2 is 1.90 bits per heavy atom. The summed E-state index contributed by atoms with van der Waals surface area (Å²) in [5.74, 6) is 0.367. The van der Waals surface area contributed by atoms with Gasteiger partial charge >= 0.3 is 0 Å². The minimum absolute atomic E-state index is 0.0191. The van der Waals surface area contributed by atoms with E-state index in [9.17, 15) is 19.7 Å². The molecule has 1 heterocycles. The molecule has 0 aromatic heterocycles. The normalized spacial score (nSPS) is 15.1. The molecule has 0 N–H and O–H groups in total. The number of ether oxygens (including phenoxy) is 2. The maximum absolute atomic E-state index is 12.8. The average Bonchev–Trinajstić information content (AvgIpc) is 2.97. The molecule has 0 atom stereocenters. The fraction of sp³-hybridized carbons (Fsp3) is 0.238. The minimum Gasteiger partial charge on any atom is -0.493 e. The van der Waals surface area contributed by atoms with E-state index in [1.54, 1.807) is 18.2 Å². The van der Waals surface area contributed by atoms with Gasteiger partial charge in [0.15, 0.2) is 11.5 Å². The summed E-state index contributed by atoms with van der Waals surface area (Å²) in [7, 11) is 1.49. The van der Waals surface area contributed by atoms with Crippen LogP contribution in [0.25, 0.3) is 6.08 Å². The Hall–Kier alpha value is -3.04. The molecular formula is C21H19ClN2O6S. The van der Waals surface area contributed by atoms with E-state index in [1.807, 2.05) is 13.8 Å². The highest BCUT2D eigenvalue weighted by Crippen LogP contribution is 2.39. The summed E-state index contributed by atoms with van der Waals surface area (Å²) in [5.41, 5.74) is 1.13. The molecular weight excluding hydrogens is 444 g/mol. The maximum atomic E-state index is 12.8. The lowest BCUT2D eigenvalue weighted by atomic mass is 10.1. The van der Waals surface area contributed by atoms with Gasteiger partial charge in [0.2, 0.25) is 0 Å². The number of carbonyl (C=O) groups excluding carboxylic acids is 2. The van der Waals surface area contributed by atoms with Crippen LogP contribution in [0.2, 0.25) is 5.02 Å². The second-order valence-electron chi connectivity index (χ2n) is 6.89. The van der Waals surface area contributed by atoms with Crippen LogP contribution in [0.3, 0.4) is 0 Å². The first-order valence-corrected chi connectivity index (χ1v) is 10.4. The zero-order valence-electron chi connectivity index (χ0n) is 17.0. The standard InChI is InChI=1S/C21H19ClN2O6S/c1-12(2)30-19-16(22)8-14(9-17(19)29-3)10-18-20(25)23(21(26)31-18)11-13-4-6-15(7-5-13)24(27)28/h4-10,12H,11H2,1-3H3/b18-10-. The molecule has 0 spiro atoms. The molecule has 2 aromatic rings. The number of nitrogens with zero attached hydrogens (tertiary/aromatic N) is 2. The molecule has 10 heteroatoms. The van der Waals surface area contributed by atoms with Gasteiger partial charge < -0.3 is 9.47 Å². The molecule has 1 fully saturated rings. The summed E-state index contributed by atoms with van der Waals surface area (Å²) in [6.45, 7) is 3.75. The van der Waals surface area contributed by atoms with Gasteiger partial charge in [0.25, 0.3) is 16.8 Å². The van der Waals surface area contributed by atoms with Gasteiger partial charge in [-0.25, -0.2) is 0 Å². The lowest BCUT2D eigenvalue weighted by Gasteiger charge is -2.15. The summed E-state index contributed by atoms with van der Waals surface area (Å²) in [6, 6.07) is 9.00. The zero-order chi connectivity index (χ0) is 22.7. The summed E-state index contributed by atoms with van der Waals surface area (Å²) >= 11 is 7.14. The van der Waals surface area contributed by atoms with Gasteiger partial charge in [-0.3, -0.25) is 24.6 Å². The lowest BCUT2D eigenvalue weighted by Crippen LogP contribution is -2.27. The van der Waals surface area contributed by atoms with Crippen molar-refractivity contribution in [2.45, 2.75) is 26.5 Å². The molecule has 0 bridgehead atoms. The number of nitro benzene ring substituents is 1. The molecule has 3 rings (SSSR count). The van der Waals surface area contributed by atoms with Crippen LogP contribution in [0.1, 0.15) is 25.0 Å². The van der Waals surface area contributed by atoms with E-state index in [2.05, 4.69) is 0 Å². The number of hydrogen-bond donors (Lipinski definition) is 0. The number of rotatable bonds is 7. The average molecular weight is 463 g/mol. The Labute approximate surface area is 187 Å². The molecule has 1 saturated heterocycles. The first-order valence-electron chi connectivity index (χ1n) is 9.22. The zero-order valence-corrected chi connectivity index (χ0v) is 18.5. The van der Waals surface area contributed by atoms with Crippen LogP contribution in [0.15, 0.2) is 41.3 Å². The van der Waals surface area contributed by atoms with Crippen LogP contribution >= 0.6 is 23.4 Å². The number of methoxy groups -OCH3 is 1. The predicted molar refractivity (Wildman–Crippen MR) is 118 cm³/mol. The van der Waals surface area contributed by atoms with Gasteiger partial charge in [-0.05, 0) is 54.9 Å². The van der Waals surface area contributed by atoms with Crippen molar-refractivity contribution in [2.75, 3.05) is 7.11 Å². The van der Waals surface area contributed by atoms with E-state index in [0.29, 0.717) is 27.6 Å². The number of benzene rings is 2. The lowest BCUT2D eigenvalue weighted by molar-refractivity contribution is -0.384.